The van der Waals surface area contributed by atoms with Crippen molar-refractivity contribution in [1.82, 2.24) is 10.2 Å². The van der Waals surface area contributed by atoms with Crippen LogP contribution in [-0.4, -0.2) is 49.6 Å². The predicted octanol–water partition coefficient (Wildman–Crippen LogP) is 2.66. The summed E-state index contributed by atoms with van der Waals surface area (Å²) in [5.41, 5.74) is 2.42. The highest BCUT2D eigenvalue weighted by Crippen LogP contribution is 2.34. The van der Waals surface area contributed by atoms with Crippen LogP contribution in [0.3, 0.4) is 0 Å². The molecular formula is C22H32N2O3. The maximum Gasteiger partial charge on any atom is 0.225 e. The van der Waals surface area contributed by atoms with Crippen molar-refractivity contribution >= 4 is 11.8 Å². The Morgan fingerprint density at radius 3 is 2.56 bits per heavy atom. The van der Waals surface area contributed by atoms with Gasteiger partial charge in [-0.15, -0.1) is 0 Å². The van der Waals surface area contributed by atoms with Crippen molar-refractivity contribution in [3.63, 3.8) is 0 Å². The van der Waals surface area contributed by atoms with Gasteiger partial charge in [-0.1, -0.05) is 43.7 Å². The Morgan fingerprint density at radius 2 is 1.93 bits per heavy atom. The minimum absolute atomic E-state index is 0.00702. The number of rotatable bonds is 6. The molecule has 5 nitrogen and oxygen atoms in total. The van der Waals surface area contributed by atoms with Crippen LogP contribution < -0.4 is 5.32 Å². The van der Waals surface area contributed by atoms with Gasteiger partial charge in [-0.3, -0.25) is 9.59 Å². The van der Waals surface area contributed by atoms with Crippen LogP contribution >= 0.6 is 0 Å². The normalized spacial score (nSPS) is 22.3. The van der Waals surface area contributed by atoms with E-state index in [-0.39, 0.29) is 23.1 Å². The summed E-state index contributed by atoms with van der Waals surface area (Å²) < 4.78 is 5.58. The molecule has 5 heteroatoms. The van der Waals surface area contributed by atoms with Crippen LogP contribution in [0.1, 0.15) is 44.2 Å². The molecule has 1 aromatic rings. The number of amides is 2. The van der Waals surface area contributed by atoms with Gasteiger partial charge in [0.2, 0.25) is 11.8 Å². The van der Waals surface area contributed by atoms with E-state index in [1.807, 2.05) is 4.90 Å². The first-order valence-corrected chi connectivity index (χ1v) is 10.1. The van der Waals surface area contributed by atoms with E-state index in [2.05, 4.69) is 50.4 Å². The lowest BCUT2D eigenvalue weighted by molar-refractivity contribution is -0.129. The van der Waals surface area contributed by atoms with Crippen molar-refractivity contribution < 1.29 is 14.3 Å². The molecule has 3 rings (SSSR count). The van der Waals surface area contributed by atoms with E-state index in [1.54, 1.807) is 0 Å². The minimum atomic E-state index is -0.230. The molecule has 0 bridgehead atoms. The molecule has 1 N–H and O–H groups in total. The van der Waals surface area contributed by atoms with Crippen molar-refractivity contribution in [2.45, 2.75) is 45.4 Å². The fourth-order valence-electron chi connectivity index (χ4n) is 4.20. The fourth-order valence-corrected chi connectivity index (χ4v) is 4.20. The fraction of sp³-hybridized carbons (Fsp3) is 0.636. The second-order valence-electron chi connectivity index (χ2n) is 8.57. The van der Waals surface area contributed by atoms with Crippen LogP contribution in [0.5, 0.6) is 0 Å². The maximum absolute atomic E-state index is 12.8. The third kappa shape index (κ3) is 4.70. The smallest absolute Gasteiger partial charge is 0.225 e. The van der Waals surface area contributed by atoms with Gasteiger partial charge in [0, 0.05) is 44.7 Å². The monoisotopic (exact) mass is 372 g/mol. The number of likely N-dealkylation sites (tertiary alicyclic amines) is 1. The van der Waals surface area contributed by atoms with Gasteiger partial charge in [0.05, 0.1) is 5.92 Å². The number of ether oxygens (including phenoxy) is 1. The maximum atomic E-state index is 12.8. The van der Waals surface area contributed by atoms with Crippen LogP contribution in [-0.2, 0) is 19.7 Å². The largest absolute Gasteiger partial charge is 0.381 e. The van der Waals surface area contributed by atoms with Gasteiger partial charge in [0.25, 0.3) is 0 Å². The lowest BCUT2D eigenvalue weighted by Gasteiger charge is -2.38. The Bertz CT molecular complexity index is 663. The summed E-state index contributed by atoms with van der Waals surface area (Å²) in [5.74, 6) is 0.296. The topological polar surface area (TPSA) is 58.6 Å². The van der Waals surface area contributed by atoms with E-state index in [4.69, 9.17) is 4.74 Å². The highest BCUT2D eigenvalue weighted by molar-refractivity contribution is 5.89. The highest BCUT2D eigenvalue weighted by atomic mass is 16.5. The van der Waals surface area contributed by atoms with E-state index < -0.39 is 0 Å². The standard InChI is InChI=1S/C22H32N2O3/c1-16(2)13-24-14-18(12-20(24)25)21(26)23-15-22(8-10-27-11-9-22)19-6-4-17(3)5-7-19/h4-7,16,18H,8-15H2,1-3H3,(H,23,26)/t18-/m0/s1. The third-order valence-corrected chi connectivity index (χ3v) is 5.89. The number of hydrogen-bond acceptors (Lipinski definition) is 3. The number of benzene rings is 1. The summed E-state index contributed by atoms with van der Waals surface area (Å²) in [6.45, 7) is 9.59. The van der Waals surface area contributed by atoms with Gasteiger partial charge in [-0.05, 0) is 31.2 Å². The first-order chi connectivity index (χ1) is 12.9. The molecule has 2 amide bonds. The van der Waals surface area contributed by atoms with Crippen LogP contribution in [0.4, 0.5) is 0 Å². The third-order valence-electron chi connectivity index (χ3n) is 5.89. The van der Waals surface area contributed by atoms with E-state index in [1.165, 1.54) is 11.1 Å². The van der Waals surface area contributed by atoms with Gasteiger partial charge < -0.3 is 15.0 Å². The molecule has 2 aliphatic rings. The molecule has 0 aromatic heterocycles. The molecule has 0 spiro atoms. The number of aryl methyl sites for hydroxylation is 1. The van der Waals surface area contributed by atoms with Crippen LogP contribution in [0.25, 0.3) is 0 Å². The summed E-state index contributed by atoms with van der Waals surface area (Å²) in [6.07, 6.45) is 2.14. The van der Waals surface area contributed by atoms with E-state index >= 15 is 0 Å². The molecule has 0 radical (unpaired) electrons. The van der Waals surface area contributed by atoms with Gasteiger partial charge in [-0.2, -0.15) is 0 Å². The molecule has 1 atom stereocenters. The van der Waals surface area contributed by atoms with Gasteiger partial charge in [0.15, 0.2) is 0 Å². The Morgan fingerprint density at radius 1 is 1.26 bits per heavy atom. The quantitative estimate of drug-likeness (QED) is 0.835. The molecular weight excluding hydrogens is 340 g/mol. The molecule has 148 valence electrons. The van der Waals surface area contributed by atoms with E-state index in [0.717, 1.165) is 19.4 Å². The molecule has 27 heavy (non-hydrogen) atoms. The highest BCUT2D eigenvalue weighted by Gasteiger charge is 2.38. The molecule has 0 saturated carbocycles. The molecule has 2 fully saturated rings. The summed E-state index contributed by atoms with van der Waals surface area (Å²) in [4.78, 5) is 26.8. The Balaban J connectivity index is 1.64. The van der Waals surface area contributed by atoms with Crippen molar-refractivity contribution in [2.24, 2.45) is 11.8 Å². The number of nitrogens with one attached hydrogen (secondary N) is 1. The first-order valence-electron chi connectivity index (χ1n) is 10.1. The zero-order valence-corrected chi connectivity index (χ0v) is 16.8. The van der Waals surface area contributed by atoms with Gasteiger partial charge in [0.1, 0.15) is 0 Å². The lowest BCUT2D eigenvalue weighted by atomic mass is 9.74. The molecule has 0 aliphatic carbocycles. The van der Waals surface area contributed by atoms with Crippen LogP contribution in [0.2, 0.25) is 0 Å². The first kappa shape index (κ1) is 19.9. The molecule has 2 aliphatic heterocycles. The van der Waals surface area contributed by atoms with Gasteiger partial charge in [-0.25, -0.2) is 0 Å². The second-order valence-corrected chi connectivity index (χ2v) is 8.57. The summed E-state index contributed by atoms with van der Waals surface area (Å²) >= 11 is 0. The van der Waals surface area contributed by atoms with E-state index in [9.17, 15) is 9.59 Å². The Labute approximate surface area is 162 Å². The summed E-state index contributed by atoms with van der Waals surface area (Å²) in [5, 5.41) is 3.17. The molecule has 0 unspecified atom stereocenters. The predicted molar refractivity (Wildman–Crippen MR) is 105 cm³/mol. The van der Waals surface area contributed by atoms with Gasteiger partial charge >= 0.3 is 0 Å². The van der Waals surface area contributed by atoms with Crippen molar-refractivity contribution in [3.05, 3.63) is 35.4 Å². The Kier molecular flexibility index (Phi) is 6.20. The zero-order chi connectivity index (χ0) is 19.4. The number of hydrogen-bond donors (Lipinski definition) is 1. The van der Waals surface area contributed by atoms with Crippen molar-refractivity contribution in [2.75, 3.05) is 32.8 Å². The van der Waals surface area contributed by atoms with E-state index in [0.29, 0.717) is 38.6 Å². The Hall–Kier alpha value is -1.88. The summed E-state index contributed by atoms with van der Waals surface area (Å²) in [7, 11) is 0. The van der Waals surface area contributed by atoms with Crippen LogP contribution in [0.15, 0.2) is 24.3 Å². The molecule has 2 heterocycles. The average molecular weight is 373 g/mol. The number of carbonyl (C=O) groups is 2. The lowest BCUT2D eigenvalue weighted by Crippen LogP contribution is -2.46. The number of carbonyl (C=O) groups excluding carboxylic acids is 2. The minimum Gasteiger partial charge on any atom is -0.381 e. The zero-order valence-electron chi connectivity index (χ0n) is 16.8. The molecule has 2 saturated heterocycles. The molecule has 1 aromatic carbocycles. The van der Waals surface area contributed by atoms with Crippen LogP contribution in [0, 0.1) is 18.8 Å². The van der Waals surface area contributed by atoms with Crippen molar-refractivity contribution in [1.29, 1.82) is 0 Å². The SMILES string of the molecule is Cc1ccc(C2(CNC(=O)[C@H]3CC(=O)N(CC(C)C)C3)CCOCC2)cc1. The summed E-state index contributed by atoms with van der Waals surface area (Å²) in [6, 6.07) is 8.62. The second kappa shape index (κ2) is 8.42. The van der Waals surface area contributed by atoms with Crippen molar-refractivity contribution in [3.8, 4) is 0 Å². The number of nitrogens with zero attached hydrogens (tertiary/aromatic N) is 1. The average Bonchev–Trinajstić information content (AvgIpc) is 3.01.